The molecule has 0 spiro atoms. The van der Waals surface area contributed by atoms with Crippen LogP contribution in [0, 0.1) is 17.3 Å². The van der Waals surface area contributed by atoms with Gasteiger partial charge >= 0.3 is 0 Å². The first-order chi connectivity index (χ1) is 33.5. The van der Waals surface area contributed by atoms with Gasteiger partial charge in [-0.1, -0.05) is 78.5 Å². The third kappa shape index (κ3) is 14.2. The van der Waals surface area contributed by atoms with Crippen molar-refractivity contribution in [3.63, 3.8) is 0 Å². The van der Waals surface area contributed by atoms with E-state index in [1.54, 1.807) is 20.4 Å². The third-order valence-electron chi connectivity index (χ3n) is 13.1. The standard InChI is InChI=1S/C48H61N5O8.C5H12N2.C2H6/c1-10-42(57)53-25-35(22-37(53)27-55)47(59)51(8)44(30(3)4)46(58)50-36(26-54)21-32-14-12-15-33(20-32)34-17-18-41-39(23-34)40(24-48(6,7)28-61-29-56)45(52(41)11-2)38-16-13-19-49-43(38)31(5)60-9;1-7-5-3-2-4-6-7;1-2/h10,12-20,23,26,29-31,35-37,44,55H,1,11,21-22,24-25,27-28H2,2-9H3,(H,50,58);6H,2-5H2,1H3;1-2H3. The maximum Gasteiger partial charge on any atom is 0.293 e. The van der Waals surface area contributed by atoms with Gasteiger partial charge in [0.05, 0.1) is 48.7 Å². The van der Waals surface area contributed by atoms with Crippen LogP contribution in [0.1, 0.15) is 97.6 Å². The first-order valence-electron chi connectivity index (χ1n) is 24.8. The summed E-state index contributed by atoms with van der Waals surface area (Å²) in [6, 6.07) is 16.0. The van der Waals surface area contributed by atoms with Crippen molar-refractivity contribution >= 4 is 41.4 Å². The molecule has 4 heterocycles. The first-order valence-corrected chi connectivity index (χ1v) is 24.8. The number of benzene rings is 2. The zero-order chi connectivity index (χ0) is 51.7. The fraction of sp³-hybridized carbons (Fsp3) is 0.527. The van der Waals surface area contributed by atoms with E-state index in [0.29, 0.717) is 25.7 Å². The maximum absolute atomic E-state index is 13.9. The summed E-state index contributed by atoms with van der Waals surface area (Å²) in [5.41, 5.74) is 10.5. The Morgan fingerprint density at radius 1 is 1.06 bits per heavy atom. The number of hydrazine groups is 1. The molecule has 4 aromatic rings. The minimum atomic E-state index is -0.880. The second-order valence-corrected chi connectivity index (χ2v) is 19.2. The van der Waals surface area contributed by atoms with E-state index in [1.165, 1.54) is 29.2 Å². The number of likely N-dealkylation sites (tertiary alicyclic amines) is 1. The van der Waals surface area contributed by atoms with Crippen LogP contribution >= 0.6 is 0 Å². The van der Waals surface area contributed by atoms with Crippen LogP contribution in [0.3, 0.4) is 0 Å². The number of amides is 3. The molecule has 15 nitrogen and oxygen atoms in total. The first kappa shape index (κ1) is 56.8. The lowest BCUT2D eigenvalue weighted by molar-refractivity contribution is -0.143. The maximum atomic E-state index is 13.9. The number of hydrogen-bond donors (Lipinski definition) is 3. The number of aromatic nitrogens is 2. The highest BCUT2D eigenvalue weighted by atomic mass is 16.5. The van der Waals surface area contributed by atoms with E-state index in [1.807, 2.05) is 65.0 Å². The second-order valence-electron chi connectivity index (χ2n) is 19.2. The molecule has 3 amide bonds. The Labute approximate surface area is 415 Å². The largest absolute Gasteiger partial charge is 0.467 e. The number of carbonyl (C=O) groups excluding carboxylic acids is 5. The summed E-state index contributed by atoms with van der Waals surface area (Å²) in [7, 11) is 5.32. The molecule has 15 heteroatoms. The summed E-state index contributed by atoms with van der Waals surface area (Å²) in [5.74, 6) is -2.02. The van der Waals surface area contributed by atoms with Crippen LogP contribution in [-0.4, -0.2) is 132 Å². The number of hydrogen-bond acceptors (Lipinski definition) is 11. The van der Waals surface area contributed by atoms with Crippen molar-refractivity contribution in [1.29, 1.82) is 0 Å². The Hall–Kier alpha value is -5.74. The van der Waals surface area contributed by atoms with E-state index in [9.17, 15) is 29.1 Å². The number of rotatable bonds is 20. The number of aliphatic hydroxyl groups is 1. The fourth-order valence-electron chi connectivity index (χ4n) is 9.62. The lowest BCUT2D eigenvalue weighted by Crippen LogP contribution is -2.54. The number of ether oxygens (including phenoxy) is 2. The van der Waals surface area contributed by atoms with Gasteiger partial charge in [-0.05, 0) is 104 Å². The average molecular weight is 966 g/mol. The predicted octanol–water partition coefficient (Wildman–Crippen LogP) is 7.19. The van der Waals surface area contributed by atoms with E-state index < -0.39 is 35.4 Å². The molecular weight excluding hydrogens is 887 g/mol. The van der Waals surface area contributed by atoms with Crippen LogP contribution in [0.25, 0.3) is 33.3 Å². The molecule has 2 fully saturated rings. The highest BCUT2D eigenvalue weighted by molar-refractivity contribution is 5.96. The summed E-state index contributed by atoms with van der Waals surface area (Å²) in [5, 5.41) is 16.0. The topological polar surface area (TPSA) is 176 Å². The summed E-state index contributed by atoms with van der Waals surface area (Å²) in [6.45, 7) is 23.1. The van der Waals surface area contributed by atoms with Crippen molar-refractivity contribution in [3.05, 3.63) is 90.3 Å². The van der Waals surface area contributed by atoms with Crippen molar-refractivity contribution in [2.75, 3.05) is 54.1 Å². The van der Waals surface area contributed by atoms with E-state index in [4.69, 9.17) is 14.5 Å². The number of fused-ring (bicyclic) bond motifs is 1. The van der Waals surface area contributed by atoms with Gasteiger partial charge < -0.3 is 39.1 Å². The van der Waals surface area contributed by atoms with Gasteiger partial charge in [0.25, 0.3) is 6.47 Å². The Morgan fingerprint density at radius 3 is 2.37 bits per heavy atom. The molecule has 0 saturated carbocycles. The number of methoxy groups -OCH3 is 1. The number of aryl methyl sites for hydroxylation is 1. The highest BCUT2D eigenvalue weighted by Crippen LogP contribution is 2.42. The molecule has 2 aromatic carbocycles. The summed E-state index contributed by atoms with van der Waals surface area (Å²) in [4.78, 5) is 71.3. The van der Waals surface area contributed by atoms with Crippen molar-refractivity contribution in [3.8, 4) is 22.4 Å². The lowest BCUT2D eigenvalue weighted by atomic mass is 9.84. The van der Waals surface area contributed by atoms with Crippen LogP contribution in [-0.2, 0) is 52.8 Å². The minimum absolute atomic E-state index is 0.117. The number of carbonyl (C=O) groups is 5. The number of pyridine rings is 1. The number of nitrogens with zero attached hydrogens (tertiary/aromatic N) is 5. The zero-order valence-electron chi connectivity index (χ0n) is 43.5. The van der Waals surface area contributed by atoms with Crippen LogP contribution in [0.5, 0.6) is 0 Å². The van der Waals surface area contributed by atoms with E-state index in [2.05, 4.69) is 79.0 Å². The average Bonchev–Trinajstić information content (AvgIpc) is 3.94. The molecule has 382 valence electrons. The molecule has 70 heavy (non-hydrogen) atoms. The third-order valence-corrected chi connectivity index (χ3v) is 13.1. The number of nitrogens with one attached hydrogen (secondary N) is 2. The summed E-state index contributed by atoms with van der Waals surface area (Å²) >= 11 is 0. The Bertz CT molecular complexity index is 2370. The molecule has 2 aliphatic heterocycles. The quantitative estimate of drug-likeness (QED) is 0.0604. The molecule has 6 rings (SSSR count). The molecule has 0 bridgehead atoms. The van der Waals surface area contributed by atoms with Crippen molar-refractivity contribution in [2.24, 2.45) is 17.3 Å². The summed E-state index contributed by atoms with van der Waals surface area (Å²) < 4.78 is 13.3. The van der Waals surface area contributed by atoms with Gasteiger partial charge in [0, 0.05) is 75.5 Å². The Morgan fingerprint density at radius 2 is 1.79 bits per heavy atom. The molecule has 0 radical (unpaired) electrons. The predicted molar refractivity (Wildman–Crippen MR) is 276 cm³/mol. The van der Waals surface area contributed by atoms with Crippen LogP contribution in [0.4, 0.5) is 0 Å². The monoisotopic (exact) mass is 966 g/mol. The molecule has 2 aliphatic rings. The van der Waals surface area contributed by atoms with E-state index in [-0.39, 0.29) is 56.4 Å². The van der Waals surface area contributed by atoms with Gasteiger partial charge in [0.15, 0.2) is 0 Å². The minimum Gasteiger partial charge on any atom is -0.467 e. The van der Waals surface area contributed by atoms with Crippen molar-refractivity contribution < 1.29 is 38.6 Å². The van der Waals surface area contributed by atoms with Gasteiger partial charge in [0.2, 0.25) is 17.7 Å². The molecule has 5 atom stereocenters. The normalized spacial score (nSPS) is 17.3. The van der Waals surface area contributed by atoms with E-state index >= 15 is 0 Å². The Kier molecular flexibility index (Phi) is 21.9. The smallest absolute Gasteiger partial charge is 0.293 e. The molecule has 0 aliphatic carbocycles. The van der Waals surface area contributed by atoms with Crippen LogP contribution in [0.15, 0.2) is 73.4 Å². The number of aldehydes is 1. The number of likely N-dealkylation sites (N-methyl/N-ethyl adjacent to an activating group) is 1. The van der Waals surface area contributed by atoms with Crippen molar-refractivity contribution in [1.82, 2.24) is 35.1 Å². The molecule has 2 saturated heterocycles. The van der Waals surface area contributed by atoms with E-state index in [0.717, 1.165) is 62.7 Å². The molecular formula is C55H79N7O8. The molecule has 5 unspecified atom stereocenters. The second kappa shape index (κ2) is 27.0. The number of aliphatic hydroxyl groups excluding tert-OH is 1. The zero-order valence-corrected chi connectivity index (χ0v) is 43.5. The van der Waals surface area contributed by atoms with Crippen molar-refractivity contribution in [2.45, 2.75) is 118 Å². The van der Waals surface area contributed by atoms with Gasteiger partial charge in [0.1, 0.15) is 12.3 Å². The lowest BCUT2D eigenvalue weighted by Gasteiger charge is -2.32. The van der Waals surface area contributed by atoms with Gasteiger partial charge in [-0.25, -0.2) is 5.01 Å². The SMILES string of the molecule is C=CC(=O)N1CC(C(=O)N(C)C(C(=O)NC(C=O)Cc2cccc(-c3ccc4c(c3)c(CC(C)(C)COC=O)c(-c3cccnc3C(C)OC)n4CC)c2)C(C)C)CC1CO.CC.CN1CCCCN1. The molecule has 2 aromatic heterocycles. The van der Waals surface area contributed by atoms with Crippen LogP contribution in [0.2, 0.25) is 0 Å². The van der Waals surface area contributed by atoms with Gasteiger partial charge in [-0.2, -0.15) is 0 Å². The highest BCUT2D eigenvalue weighted by Gasteiger charge is 2.41. The van der Waals surface area contributed by atoms with Crippen LogP contribution < -0.4 is 10.7 Å². The fourth-order valence-corrected chi connectivity index (χ4v) is 9.62. The van der Waals surface area contributed by atoms with Gasteiger partial charge in [-0.3, -0.25) is 29.6 Å². The molecule has 3 N–H and O–H groups in total. The summed E-state index contributed by atoms with van der Waals surface area (Å²) in [6.07, 6.45) is 7.19. The Balaban J connectivity index is 0.00000107. The van der Waals surface area contributed by atoms with Gasteiger partial charge in [-0.15, -0.1) is 0 Å².